The molecule has 0 bridgehead atoms. The van der Waals surface area contributed by atoms with E-state index in [1.165, 1.54) is 5.56 Å². The van der Waals surface area contributed by atoms with Crippen molar-refractivity contribution in [3.63, 3.8) is 0 Å². The molecule has 0 saturated carbocycles. The molecule has 0 amide bonds. The fraction of sp³-hybridized carbons (Fsp3) is 0.571. The minimum absolute atomic E-state index is 0.699. The molecule has 0 aliphatic rings. The van der Waals surface area contributed by atoms with Crippen molar-refractivity contribution in [1.82, 2.24) is 0 Å². The van der Waals surface area contributed by atoms with E-state index < -0.39 is 18.3 Å². The summed E-state index contributed by atoms with van der Waals surface area (Å²) in [5, 5.41) is 20.0. The summed E-state index contributed by atoms with van der Waals surface area (Å²) in [5.74, 6) is 0. The standard InChI is InChI=1S/C14H23BO3/c1-6-11-7-9-12(10-8-11)15(17)18-14(4,5)13(2,3)16/h7-10,16-17H,6H2,1-5H3. The Morgan fingerprint density at radius 3 is 2.00 bits per heavy atom. The Hall–Kier alpha value is -0.835. The highest BCUT2D eigenvalue weighted by atomic mass is 16.5. The molecule has 1 aromatic rings. The fourth-order valence-electron chi connectivity index (χ4n) is 1.41. The molecule has 2 N–H and O–H groups in total. The van der Waals surface area contributed by atoms with Crippen LogP contribution in [-0.4, -0.2) is 28.5 Å². The van der Waals surface area contributed by atoms with Gasteiger partial charge in [-0.25, -0.2) is 0 Å². The largest absolute Gasteiger partial charge is 0.491 e. The lowest BCUT2D eigenvalue weighted by atomic mass is 9.76. The van der Waals surface area contributed by atoms with Gasteiger partial charge in [-0.3, -0.25) is 0 Å². The van der Waals surface area contributed by atoms with Gasteiger partial charge in [-0.15, -0.1) is 0 Å². The minimum Gasteiger partial charge on any atom is -0.423 e. The van der Waals surface area contributed by atoms with Crippen LogP contribution in [0.1, 0.15) is 40.2 Å². The van der Waals surface area contributed by atoms with Crippen molar-refractivity contribution in [3.8, 4) is 0 Å². The summed E-state index contributed by atoms with van der Waals surface area (Å²) >= 11 is 0. The van der Waals surface area contributed by atoms with Crippen LogP contribution in [0.3, 0.4) is 0 Å². The Morgan fingerprint density at radius 1 is 1.11 bits per heavy atom. The predicted octanol–water partition coefficient (Wildman–Crippen LogP) is 1.50. The molecule has 0 aliphatic carbocycles. The van der Waals surface area contributed by atoms with Gasteiger partial charge in [-0.05, 0) is 45.1 Å². The van der Waals surface area contributed by atoms with Gasteiger partial charge in [0.15, 0.2) is 0 Å². The maximum atomic E-state index is 10.0. The SMILES string of the molecule is CCc1ccc(B(O)OC(C)(C)C(C)(C)O)cc1. The summed E-state index contributed by atoms with van der Waals surface area (Å²) in [7, 11) is -1.03. The van der Waals surface area contributed by atoms with Crippen LogP contribution in [-0.2, 0) is 11.1 Å². The van der Waals surface area contributed by atoms with Gasteiger partial charge in [0.25, 0.3) is 0 Å². The van der Waals surface area contributed by atoms with Gasteiger partial charge in [0.2, 0.25) is 0 Å². The van der Waals surface area contributed by atoms with Gasteiger partial charge in [0.05, 0.1) is 11.2 Å². The van der Waals surface area contributed by atoms with E-state index >= 15 is 0 Å². The van der Waals surface area contributed by atoms with E-state index in [1.807, 2.05) is 24.3 Å². The van der Waals surface area contributed by atoms with E-state index in [0.29, 0.717) is 5.46 Å². The van der Waals surface area contributed by atoms with Crippen LogP contribution in [0, 0.1) is 0 Å². The molecule has 18 heavy (non-hydrogen) atoms. The fourth-order valence-corrected chi connectivity index (χ4v) is 1.41. The molecular weight excluding hydrogens is 227 g/mol. The topological polar surface area (TPSA) is 49.7 Å². The first-order chi connectivity index (χ1) is 8.17. The number of benzene rings is 1. The number of hydrogen-bond donors (Lipinski definition) is 2. The quantitative estimate of drug-likeness (QED) is 0.778. The molecular formula is C14H23BO3. The van der Waals surface area contributed by atoms with Crippen molar-refractivity contribution < 1.29 is 14.8 Å². The highest BCUT2D eigenvalue weighted by molar-refractivity contribution is 6.60. The third-order valence-corrected chi connectivity index (χ3v) is 3.55. The lowest BCUT2D eigenvalue weighted by Crippen LogP contribution is -2.53. The molecule has 0 heterocycles. The maximum Gasteiger partial charge on any atom is 0.491 e. The average Bonchev–Trinajstić information content (AvgIpc) is 2.27. The van der Waals surface area contributed by atoms with Crippen LogP contribution in [0.2, 0.25) is 0 Å². The van der Waals surface area contributed by atoms with Crippen LogP contribution < -0.4 is 5.46 Å². The summed E-state index contributed by atoms with van der Waals surface area (Å²) < 4.78 is 5.57. The zero-order valence-corrected chi connectivity index (χ0v) is 11.9. The molecule has 0 unspecified atom stereocenters. The number of rotatable bonds is 5. The first-order valence-electron chi connectivity index (χ1n) is 6.34. The first-order valence-corrected chi connectivity index (χ1v) is 6.34. The monoisotopic (exact) mass is 250 g/mol. The van der Waals surface area contributed by atoms with E-state index in [4.69, 9.17) is 4.65 Å². The second-order valence-corrected chi connectivity index (χ2v) is 5.63. The summed E-state index contributed by atoms with van der Waals surface area (Å²) in [6.45, 7) is 8.94. The van der Waals surface area contributed by atoms with Crippen molar-refractivity contribution in [3.05, 3.63) is 29.8 Å². The van der Waals surface area contributed by atoms with Crippen LogP contribution >= 0.6 is 0 Å². The van der Waals surface area contributed by atoms with E-state index in [2.05, 4.69) is 6.92 Å². The Balaban J connectivity index is 2.78. The summed E-state index contributed by atoms with van der Waals surface area (Å²) in [5.41, 5.74) is 0.0462. The second kappa shape index (κ2) is 5.43. The maximum absolute atomic E-state index is 10.0. The highest BCUT2D eigenvalue weighted by Gasteiger charge is 2.39. The van der Waals surface area contributed by atoms with Crippen LogP contribution in [0.25, 0.3) is 0 Å². The second-order valence-electron chi connectivity index (χ2n) is 5.63. The molecule has 0 radical (unpaired) electrons. The van der Waals surface area contributed by atoms with Gasteiger partial charge in [0, 0.05) is 0 Å². The van der Waals surface area contributed by atoms with Gasteiger partial charge >= 0.3 is 7.12 Å². The molecule has 4 heteroatoms. The third-order valence-electron chi connectivity index (χ3n) is 3.55. The summed E-state index contributed by atoms with van der Waals surface area (Å²) in [6.07, 6.45) is 0.965. The summed E-state index contributed by atoms with van der Waals surface area (Å²) in [6, 6.07) is 7.64. The van der Waals surface area contributed by atoms with Crippen molar-refractivity contribution in [2.45, 2.75) is 52.2 Å². The van der Waals surface area contributed by atoms with E-state index in [1.54, 1.807) is 27.7 Å². The van der Waals surface area contributed by atoms with Crippen LogP contribution in [0.4, 0.5) is 0 Å². The minimum atomic E-state index is -1.03. The molecule has 0 saturated heterocycles. The van der Waals surface area contributed by atoms with Crippen LogP contribution in [0.15, 0.2) is 24.3 Å². The van der Waals surface area contributed by atoms with Gasteiger partial charge in [-0.1, -0.05) is 31.2 Å². The molecule has 3 nitrogen and oxygen atoms in total. The third kappa shape index (κ3) is 3.58. The molecule has 0 spiro atoms. The normalized spacial score (nSPS) is 12.6. The Bertz CT molecular complexity index is 379. The van der Waals surface area contributed by atoms with Crippen molar-refractivity contribution >= 4 is 12.6 Å². The Morgan fingerprint density at radius 2 is 1.61 bits per heavy atom. The number of hydrogen-bond acceptors (Lipinski definition) is 3. The lowest BCUT2D eigenvalue weighted by molar-refractivity contribution is -0.0982. The summed E-state index contributed by atoms with van der Waals surface area (Å²) in [4.78, 5) is 0. The Kier molecular flexibility index (Phi) is 4.59. The lowest BCUT2D eigenvalue weighted by Gasteiger charge is -2.38. The molecule has 0 aromatic heterocycles. The van der Waals surface area contributed by atoms with Crippen LogP contribution in [0.5, 0.6) is 0 Å². The number of aliphatic hydroxyl groups is 1. The van der Waals surface area contributed by atoms with Crippen molar-refractivity contribution in [2.75, 3.05) is 0 Å². The molecule has 0 atom stereocenters. The van der Waals surface area contributed by atoms with Gasteiger partial charge < -0.3 is 14.8 Å². The average molecular weight is 250 g/mol. The van der Waals surface area contributed by atoms with Gasteiger partial charge in [0.1, 0.15) is 0 Å². The van der Waals surface area contributed by atoms with E-state index in [0.717, 1.165) is 6.42 Å². The zero-order chi connectivity index (χ0) is 14.0. The predicted molar refractivity (Wildman–Crippen MR) is 74.9 cm³/mol. The van der Waals surface area contributed by atoms with Crippen molar-refractivity contribution in [1.29, 1.82) is 0 Å². The zero-order valence-electron chi connectivity index (χ0n) is 11.9. The van der Waals surface area contributed by atoms with Crippen molar-refractivity contribution in [2.24, 2.45) is 0 Å². The van der Waals surface area contributed by atoms with Gasteiger partial charge in [-0.2, -0.15) is 0 Å². The smallest absolute Gasteiger partial charge is 0.423 e. The highest BCUT2D eigenvalue weighted by Crippen LogP contribution is 2.25. The molecule has 1 rings (SSSR count). The molecule has 1 aromatic carbocycles. The molecule has 0 fully saturated rings. The van der Waals surface area contributed by atoms with E-state index in [-0.39, 0.29) is 0 Å². The number of aryl methyl sites for hydroxylation is 1. The molecule has 100 valence electrons. The molecule has 0 aliphatic heterocycles. The first kappa shape index (κ1) is 15.2. The Labute approximate surface area is 110 Å². The van der Waals surface area contributed by atoms with E-state index in [9.17, 15) is 10.1 Å².